The lowest BCUT2D eigenvalue weighted by molar-refractivity contribution is -0.126. The first kappa shape index (κ1) is 17.7. The second-order valence-electron chi connectivity index (χ2n) is 6.18. The third-order valence-electron chi connectivity index (χ3n) is 4.67. The molecule has 2 rings (SSSR count). The first-order chi connectivity index (χ1) is 11.3. The summed E-state index contributed by atoms with van der Waals surface area (Å²) in [7, 11) is 0. The summed E-state index contributed by atoms with van der Waals surface area (Å²) >= 11 is 0. The summed E-state index contributed by atoms with van der Waals surface area (Å²) in [5.41, 5.74) is 2.58. The van der Waals surface area contributed by atoms with Crippen molar-refractivity contribution in [2.24, 2.45) is 0 Å². The van der Waals surface area contributed by atoms with Gasteiger partial charge in [-0.2, -0.15) is 0 Å². The molecule has 3 nitrogen and oxygen atoms in total. The van der Waals surface area contributed by atoms with Crippen LogP contribution < -0.4 is 5.32 Å². The average molecular weight is 314 g/mol. The van der Waals surface area contributed by atoms with Crippen LogP contribution in [0.3, 0.4) is 0 Å². The molecule has 1 aromatic carbocycles. The van der Waals surface area contributed by atoms with Gasteiger partial charge in [0.05, 0.1) is 0 Å². The zero-order valence-corrected chi connectivity index (χ0v) is 14.6. The second-order valence-corrected chi connectivity index (χ2v) is 6.18. The summed E-state index contributed by atoms with van der Waals surface area (Å²) < 4.78 is 0. The average Bonchev–Trinajstić information content (AvgIpc) is 2.61. The summed E-state index contributed by atoms with van der Waals surface area (Å²) in [5.74, 6) is 0.122. The summed E-state index contributed by atoms with van der Waals surface area (Å²) in [4.78, 5) is 15.0. The molecule has 0 fully saturated rings. The minimum Gasteiger partial charge on any atom is -0.354 e. The van der Waals surface area contributed by atoms with Crippen molar-refractivity contribution in [3.8, 4) is 0 Å². The van der Waals surface area contributed by atoms with Gasteiger partial charge >= 0.3 is 0 Å². The Morgan fingerprint density at radius 3 is 2.52 bits per heavy atom. The maximum Gasteiger partial charge on any atom is 0.241 e. The molecule has 0 saturated carbocycles. The van der Waals surface area contributed by atoms with Crippen molar-refractivity contribution in [3.05, 3.63) is 47.5 Å². The summed E-state index contributed by atoms with van der Waals surface area (Å²) in [6, 6.07) is 9.92. The van der Waals surface area contributed by atoms with Crippen LogP contribution in [0, 0.1) is 0 Å². The van der Waals surface area contributed by atoms with Crippen LogP contribution >= 0.6 is 0 Å². The standard InChI is InChI=1S/C20H30N2O/c1-3-22(4-2)19(18-13-9-6-10-14-18)20(23)21-16-15-17-11-7-5-8-12-17/h6,9-11,13-14,19H,3-5,7-8,12,15-16H2,1-2H3,(H,21,23). The van der Waals surface area contributed by atoms with E-state index in [9.17, 15) is 4.79 Å². The van der Waals surface area contributed by atoms with E-state index < -0.39 is 0 Å². The van der Waals surface area contributed by atoms with Crippen molar-refractivity contribution in [1.82, 2.24) is 10.2 Å². The van der Waals surface area contributed by atoms with Crippen LogP contribution in [0.2, 0.25) is 0 Å². The third-order valence-corrected chi connectivity index (χ3v) is 4.67. The molecule has 1 atom stereocenters. The van der Waals surface area contributed by atoms with E-state index in [0.29, 0.717) is 0 Å². The molecule has 126 valence electrons. The smallest absolute Gasteiger partial charge is 0.241 e. The first-order valence-electron chi connectivity index (χ1n) is 9.00. The predicted molar refractivity (Wildman–Crippen MR) is 96.3 cm³/mol. The number of nitrogens with zero attached hydrogens (tertiary/aromatic N) is 1. The first-order valence-corrected chi connectivity index (χ1v) is 9.00. The van der Waals surface area contributed by atoms with Crippen molar-refractivity contribution < 1.29 is 4.79 Å². The van der Waals surface area contributed by atoms with Gasteiger partial charge in [-0.25, -0.2) is 0 Å². The fourth-order valence-electron chi connectivity index (χ4n) is 3.33. The number of amides is 1. The van der Waals surface area contributed by atoms with Gasteiger partial charge in [0.1, 0.15) is 6.04 Å². The van der Waals surface area contributed by atoms with E-state index in [4.69, 9.17) is 0 Å². The highest BCUT2D eigenvalue weighted by Crippen LogP contribution is 2.22. The van der Waals surface area contributed by atoms with Gasteiger partial charge in [-0.15, -0.1) is 0 Å². The summed E-state index contributed by atoms with van der Waals surface area (Å²) in [6.07, 6.45) is 8.36. The minimum absolute atomic E-state index is 0.122. The third kappa shape index (κ3) is 5.21. The van der Waals surface area contributed by atoms with E-state index in [-0.39, 0.29) is 11.9 Å². The number of carbonyl (C=O) groups excluding carboxylic acids is 1. The van der Waals surface area contributed by atoms with E-state index in [1.807, 2.05) is 30.3 Å². The quantitative estimate of drug-likeness (QED) is 0.733. The van der Waals surface area contributed by atoms with Crippen molar-refractivity contribution in [2.45, 2.75) is 52.0 Å². The number of allylic oxidation sites excluding steroid dienone is 1. The number of hydrogen-bond donors (Lipinski definition) is 1. The maximum atomic E-state index is 12.8. The SMILES string of the molecule is CCN(CC)C(C(=O)NCCC1=CCCCC1)c1ccccc1. The van der Waals surface area contributed by atoms with Gasteiger partial charge in [-0.05, 0) is 50.8 Å². The molecule has 0 spiro atoms. The highest BCUT2D eigenvalue weighted by molar-refractivity contribution is 5.83. The highest BCUT2D eigenvalue weighted by atomic mass is 16.2. The minimum atomic E-state index is -0.188. The Bertz CT molecular complexity index is 506. The Labute approximate surface area is 140 Å². The normalized spacial score (nSPS) is 16.0. The molecular weight excluding hydrogens is 284 g/mol. The zero-order chi connectivity index (χ0) is 16.5. The molecule has 0 aromatic heterocycles. The monoisotopic (exact) mass is 314 g/mol. The van der Waals surface area contributed by atoms with Crippen LogP contribution in [-0.4, -0.2) is 30.4 Å². The van der Waals surface area contributed by atoms with E-state index in [1.54, 1.807) is 0 Å². The topological polar surface area (TPSA) is 32.3 Å². The Morgan fingerprint density at radius 1 is 1.17 bits per heavy atom. The Morgan fingerprint density at radius 2 is 1.91 bits per heavy atom. The molecule has 0 bridgehead atoms. The fraction of sp³-hybridized carbons (Fsp3) is 0.550. The predicted octanol–water partition coefficient (Wildman–Crippen LogP) is 4.08. The maximum absolute atomic E-state index is 12.8. The molecule has 1 aromatic rings. The van der Waals surface area contributed by atoms with Crippen molar-refractivity contribution in [3.63, 3.8) is 0 Å². The molecule has 0 radical (unpaired) electrons. The fourth-order valence-corrected chi connectivity index (χ4v) is 3.33. The Hall–Kier alpha value is -1.61. The van der Waals surface area contributed by atoms with Gasteiger partial charge in [-0.1, -0.05) is 55.8 Å². The lowest BCUT2D eigenvalue weighted by Crippen LogP contribution is -2.41. The second kappa shape index (κ2) is 9.51. The molecule has 1 amide bonds. The van der Waals surface area contributed by atoms with Crippen LogP contribution in [0.15, 0.2) is 42.0 Å². The molecule has 0 heterocycles. The number of carbonyl (C=O) groups is 1. The van der Waals surface area contributed by atoms with E-state index >= 15 is 0 Å². The van der Waals surface area contributed by atoms with Crippen LogP contribution in [0.25, 0.3) is 0 Å². The number of hydrogen-bond acceptors (Lipinski definition) is 2. The number of likely N-dealkylation sites (N-methyl/N-ethyl adjacent to an activating group) is 1. The number of rotatable bonds is 8. The highest BCUT2D eigenvalue weighted by Gasteiger charge is 2.25. The van der Waals surface area contributed by atoms with Gasteiger partial charge in [-0.3, -0.25) is 9.69 Å². The van der Waals surface area contributed by atoms with E-state index in [2.05, 4.69) is 30.1 Å². The zero-order valence-electron chi connectivity index (χ0n) is 14.6. The van der Waals surface area contributed by atoms with Crippen LogP contribution in [0.1, 0.15) is 57.6 Å². The molecular formula is C20H30N2O. The summed E-state index contributed by atoms with van der Waals surface area (Å²) in [6.45, 7) is 6.71. The molecule has 0 aliphatic heterocycles. The lowest BCUT2D eigenvalue weighted by Gasteiger charge is -2.29. The van der Waals surface area contributed by atoms with Crippen molar-refractivity contribution >= 4 is 5.91 Å². The van der Waals surface area contributed by atoms with Gasteiger partial charge in [0.2, 0.25) is 5.91 Å². The van der Waals surface area contributed by atoms with E-state index in [0.717, 1.165) is 31.6 Å². The molecule has 0 saturated heterocycles. The van der Waals surface area contributed by atoms with Crippen molar-refractivity contribution in [2.75, 3.05) is 19.6 Å². The molecule has 1 N–H and O–H groups in total. The van der Waals surface area contributed by atoms with Crippen LogP contribution in [0.4, 0.5) is 0 Å². The molecule has 23 heavy (non-hydrogen) atoms. The largest absolute Gasteiger partial charge is 0.354 e. The summed E-state index contributed by atoms with van der Waals surface area (Å²) in [5, 5.41) is 3.16. The lowest BCUT2D eigenvalue weighted by atomic mass is 9.97. The molecule has 1 aliphatic rings. The number of benzene rings is 1. The number of nitrogens with one attached hydrogen (secondary N) is 1. The van der Waals surface area contributed by atoms with Gasteiger partial charge in [0.15, 0.2) is 0 Å². The van der Waals surface area contributed by atoms with Gasteiger partial charge in [0, 0.05) is 6.54 Å². The van der Waals surface area contributed by atoms with Gasteiger partial charge < -0.3 is 5.32 Å². The van der Waals surface area contributed by atoms with Crippen molar-refractivity contribution in [1.29, 1.82) is 0 Å². The Kier molecular flexibility index (Phi) is 7.34. The van der Waals surface area contributed by atoms with Crippen LogP contribution in [-0.2, 0) is 4.79 Å². The van der Waals surface area contributed by atoms with E-state index in [1.165, 1.54) is 31.3 Å². The molecule has 3 heteroatoms. The molecule has 1 aliphatic carbocycles. The van der Waals surface area contributed by atoms with Crippen LogP contribution in [0.5, 0.6) is 0 Å². The Balaban J connectivity index is 1.97. The molecule has 1 unspecified atom stereocenters. The van der Waals surface area contributed by atoms with Gasteiger partial charge in [0.25, 0.3) is 0 Å².